The van der Waals surface area contributed by atoms with Crippen LogP contribution in [0.4, 0.5) is 0 Å². The fourth-order valence-corrected chi connectivity index (χ4v) is 7.54. The maximum atomic E-state index is 12.1. The molecule has 6 heteroatoms. The molecule has 3 saturated carbocycles. The van der Waals surface area contributed by atoms with E-state index in [1.54, 1.807) is 12.4 Å². The minimum Gasteiger partial charge on any atom is -0.393 e. The minimum absolute atomic E-state index is 0.0719. The number of carbonyl (C=O) groups excluding carboxylic acids is 1. The van der Waals surface area contributed by atoms with Gasteiger partial charge >= 0.3 is 0 Å². The van der Waals surface area contributed by atoms with Gasteiger partial charge in [0.15, 0.2) is 6.61 Å². The molecule has 1 aromatic rings. The quantitative estimate of drug-likeness (QED) is 0.650. The van der Waals surface area contributed by atoms with Crippen molar-refractivity contribution in [3.05, 3.63) is 41.7 Å². The van der Waals surface area contributed by atoms with E-state index in [4.69, 9.17) is 4.84 Å². The van der Waals surface area contributed by atoms with Crippen LogP contribution < -0.4 is 5.32 Å². The van der Waals surface area contributed by atoms with E-state index in [9.17, 15) is 9.90 Å². The average Bonchev–Trinajstić information content (AvgIpc) is 3.13. The molecule has 0 aromatic carbocycles. The SMILES string of the molecule is C[C@]12CC[C@H]3[C@@H](CCC4=C/C(=N/OCC(=O)NCc5cccnc5)CC[C@@]43C)[C@@H]1CC[C@H]2O. The Kier molecular flexibility index (Phi) is 6.06. The van der Waals surface area contributed by atoms with Gasteiger partial charge in [0.05, 0.1) is 11.8 Å². The number of pyridine rings is 1. The molecule has 33 heavy (non-hydrogen) atoms. The molecule has 1 amide bonds. The zero-order valence-electron chi connectivity index (χ0n) is 19.9. The summed E-state index contributed by atoms with van der Waals surface area (Å²) >= 11 is 0. The van der Waals surface area contributed by atoms with Crippen molar-refractivity contribution < 1.29 is 14.7 Å². The van der Waals surface area contributed by atoms with Gasteiger partial charge in [-0.2, -0.15) is 0 Å². The van der Waals surface area contributed by atoms with Crippen molar-refractivity contribution in [3.8, 4) is 0 Å². The summed E-state index contributed by atoms with van der Waals surface area (Å²) in [6, 6.07) is 3.78. The molecule has 1 aromatic heterocycles. The summed E-state index contributed by atoms with van der Waals surface area (Å²) in [5.74, 6) is 1.94. The minimum atomic E-state index is -0.180. The van der Waals surface area contributed by atoms with Crippen LogP contribution in [0.5, 0.6) is 0 Å². The lowest BCUT2D eigenvalue weighted by atomic mass is 9.47. The van der Waals surface area contributed by atoms with Gasteiger partial charge < -0.3 is 15.3 Å². The zero-order valence-corrected chi connectivity index (χ0v) is 19.9. The molecule has 0 spiro atoms. The number of oxime groups is 1. The summed E-state index contributed by atoms with van der Waals surface area (Å²) < 4.78 is 0. The Morgan fingerprint density at radius 1 is 1.21 bits per heavy atom. The Morgan fingerprint density at radius 2 is 2.09 bits per heavy atom. The molecule has 0 saturated heterocycles. The second-order valence-corrected chi connectivity index (χ2v) is 11.1. The van der Waals surface area contributed by atoms with Gasteiger partial charge in [0.1, 0.15) is 0 Å². The normalized spacial score (nSPS) is 38.6. The molecule has 0 unspecified atom stereocenters. The van der Waals surface area contributed by atoms with Crippen molar-refractivity contribution in [2.45, 2.75) is 77.9 Å². The van der Waals surface area contributed by atoms with E-state index in [0.29, 0.717) is 18.4 Å². The summed E-state index contributed by atoms with van der Waals surface area (Å²) in [7, 11) is 0. The van der Waals surface area contributed by atoms with E-state index in [1.165, 1.54) is 24.8 Å². The molecule has 2 N–H and O–H groups in total. The molecular weight excluding hydrogens is 414 g/mol. The average molecular weight is 452 g/mol. The lowest BCUT2D eigenvalue weighted by Crippen LogP contribution is -2.51. The van der Waals surface area contributed by atoms with Crippen molar-refractivity contribution in [3.63, 3.8) is 0 Å². The van der Waals surface area contributed by atoms with Crippen LogP contribution in [-0.4, -0.2) is 34.4 Å². The van der Waals surface area contributed by atoms with Crippen LogP contribution in [0.15, 0.2) is 41.3 Å². The number of hydrogen-bond acceptors (Lipinski definition) is 5. The molecule has 4 aliphatic rings. The highest BCUT2D eigenvalue weighted by molar-refractivity contribution is 5.96. The molecular formula is C27H37N3O3. The standard InChI is InChI=1S/C27H37N3O3/c1-26-11-9-20(30-33-17-25(32)29-16-18-4-3-13-28-15-18)14-19(26)5-6-21-22-7-8-24(31)27(22,2)12-10-23(21)26/h3-4,13-15,21-24,31H,5-12,16-17H2,1-2H3,(H,29,32)/b30-20+/t21-,22-,23-,24+,26-,27-/m0/s1. The fourth-order valence-electron chi connectivity index (χ4n) is 7.54. The number of carbonyl (C=O) groups is 1. The van der Waals surface area contributed by atoms with Crippen molar-refractivity contribution in [1.82, 2.24) is 10.3 Å². The first kappa shape index (κ1) is 22.6. The highest BCUT2D eigenvalue weighted by Gasteiger charge is 2.58. The molecule has 6 atom stereocenters. The number of nitrogens with one attached hydrogen (secondary N) is 1. The van der Waals surface area contributed by atoms with Gasteiger partial charge in [-0.1, -0.05) is 30.6 Å². The maximum absolute atomic E-state index is 12.1. The first-order valence-corrected chi connectivity index (χ1v) is 12.6. The summed E-state index contributed by atoms with van der Waals surface area (Å²) in [6.45, 7) is 5.18. The van der Waals surface area contributed by atoms with Crippen LogP contribution in [0.1, 0.15) is 70.8 Å². The number of rotatable bonds is 5. The molecule has 0 radical (unpaired) electrons. The smallest absolute Gasteiger partial charge is 0.261 e. The first-order valence-electron chi connectivity index (χ1n) is 12.6. The van der Waals surface area contributed by atoms with E-state index in [0.717, 1.165) is 49.3 Å². The van der Waals surface area contributed by atoms with Crippen LogP contribution in [0.25, 0.3) is 0 Å². The topological polar surface area (TPSA) is 83.8 Å². The number of aliphatic hydroxyl groups is 1. The number of nitrogens with zero attached hydrogens (tertiary/aromatic N) is 2. The summed E-state index contributed by atoms with van der Waals surface area (Å²) in [5, 5.41) is 17.8. The van der Waals surface area contributed by atoms with Gasteiger partial charge in [-0.05, 0) is 97.7 Å². The molecule has 1 heterocycles. The van der Waals surface area contributed by atoms with Crippen LogP contribution in [0, 0.1) is 28.6 Å². The second-order valence-electron chi connectivity index (χ2n) is 11.1. The Morgan fingerprint density at radius 3 is 2.91 bits per heavy atom. The van der Waals surface area contributed by atoms with Crippen molar-refractivity contribution in [1.29, 1.82) is 0 Å². The summed E-state index contributed by atoms with van der Waals surface area (Å²) in [4.78, 5) is 21.5. The van der Waals surface area contributed by atoms with Gasteiger partial charge in [-0.25, -0.2) is 0 Å². The Balaban J connectivity index is 1.19. The summed E-state index contributed by atoms with van der Waals surface area (Å²) in [5.41, 5.74) is 3.79. The van der Waals surface area contributed by atoms with Gasteiger partial charge in [-0.15, -0.1) is 0 Å². The van der Waals surface area contributed by atoms with Gasteiger partial charge in [0.2, 0.25) is 0 Å². The molecule has 178 valence electrons. The third-order valence-corrected chi connectivity index (χ3v) is 9.52. The zero-order chi connectivity index (χ0) is 23.1. The van der Waals surface area contributed by atoms with Crippen molar-refractivity contribution in [2.75, 3.05) is 6.61 Å². The monoisotopic (exact) mass is 451 g/mol. The Hall–Kier alpha value is -2.21. The number of fused-ring (bicyclic) bond motifs is 5. The molecule has 5 rings (SSSR count). The lowest BCUT2D eigenvalue weighted by molar-refractivity contribution is -0.125. The van der Waals surface area contributed by atoms with E-state index in [2.05, 4.69) is 35.4 Å². The number of aromatic nitrogens is 1. The first-order chi connectivity index (χ1) is 15.9. The molecule has 4 aliphatic carbocycles. The van der Waals surface area contributed by atoms with Crippen molar-refractivity contribution >= 4 is 11.6 Å². The predicted octanol–water partition coefficient (Wildman–Crippen LogP) is 4.39. The Labute approximate surface area is 196 Å². The second kappa shape index (κ2) is 8.86. The number of allylic oxidation sites excluding steroid dienone is 2. The molecule has 0 bridgehead atoms. The van der Waals surface area contributed by atoms with Crippen molar-refractivity contribution in [2.24, 2.45) is 33.7 Å². The van der Waals surface area contributed by atoms with Crippen LogP contribution >= 0.6 is 0 Å². The Bertz CT molecular complexity index is 945. The maximum Gasteiger partial charge on any atom is 0.261 e. The third kappa shape index (κ3) is 4.11. The van der Waals surface area contributed by atoms with Crippen LogP contribution in [0.2, 0.25) is 0 Å². The highest BCUT2D eigenvalue weighted by atomic mass is 16.6. The van der Waals surface area contributed by atoms with E-state index < -0.39 is 0 Å². The fraction of sp³-hybridized carbons (Fsp3) is 0.667. The molecule has 3 fully saturated rings. The van der Waals surface area contributed by atoms with Gasteiger partial charge in [0, 0.05) is 18.9 Å². The summed E-state index contributed by atoms with van der Waals surface area (Å²) in [6.07, 6.45) is 14.5. The number of hydrogen-bond donors (Lipinski definition) is 2. The van der Waals surface area contributed by atoms with E-state index >= 15 is 0 Å². The van der Waals surface area contributed by atoms with E-state index in [-0.39, 0.29) is 29.4 Å². The van der Waals surface area contributed by atoms with Gasteiger partial charge in [0.25, 0.3) is 5.91 Å². The lowest BCUT2D eigenvalue weighted by Gasteiger charge is -2.57. The van der Waals surface area contributed by atoms with Crippen LogP contribution in [-0.2, 0) is 16.2 Å². The molecule has 0 aliphatic heterocycles. The third-order valence-electron chi connectivity index (χ3n) is 9.52. The predicted molar refractivity (Wildman–Crippen MR) is 127 cm³/mol. The number of amides is 1. The largest absolute Gasteiger partial charge is 0.393 e. The van der Waals surface area contributed by atoms with E-state index in [1.807, 2.05) is 12.1 Å². The number of aliphatic hydroxyl groups excluding tert-OH is 1. The van der Waals surface area contributed by atoms with Crippen LogP contribution in [0.3, 0.4) is 0 Å². The molecule has 6 nitrogen and oxygen atoms in total. The highest BCUT2D eigenvalue weighted by Crippen LogP contribution is 2.65. The van der Waals surface area contributed by atoms with Gasteiger partial charge in [-0.3, -0.25) is 9.78 Å².